The average Bonchev–Trinajstić information content (AvgIpc) is 2.62. The van der Waals surface area contributed by atoms with Crippen molar-refractivity contribution in [1.82, 2.24) is 4.90 Å². The third-order valence-corrected chi connectivity index (χ3v) is 4.40. The highest BCUT2D eigenvalue weighted by molar-refractivity contribution is 5.35. The van der Waals surface area contributed by atoms with Crippen LogP contribution in [0, 0.1) is 0 Å². The molecule has 0 aliphatic carbocycles. The van der Waals surface area contributed by atoms with Crippen LogP contribution >= 0.6 is 0 Å². The molecule has 0 bridgehead atoms. The number of morpholine rings is 1. The van der Waals surface area contributed by atoms with Gasteiger partial charge < -0.3 is 9.84 Å². The highest BCUT2D eigenvalue weighted by Crippen LogP contribution is 2.33. The summed E-state index contributed by atoms with van der Waals surface area (Å²) in [5.74, 6) is 0. The first-order valence-corrected chi connectivity index (χ1v) is 7.92. The van der Waals surface area contributed by atoms with Crippen LogP contribution in [0.15, 0.2) is 60.7 Å². The van der Waals surface area contributed by atoms with Gasteiger partial charge >= 0.3 is 0 Å². The van der Waals surface area contributed by atoms with Gasteiger partial charge in [-0.1, -0.05) is 60.7 Å². The van der Waals surface area contributed by atoms with Crippen molar-refractivity contribution in [2.24, 2.45) is 0 Å². The molecule has 1 N–H and O–H groups in total. The first-order valence-electron chi connectivity index (χ1n) is 7.92. The van der Waals surface area contributed by atoms with E-state index in [9.17, 15) is 5.11 Å². The standard InChI is InChI=1S/C19H23NO2/c21-19(17-7-3-1-4-8-17,18-9-5-2-6-10-18)11-12-20-13-15-22-16-14-20/h1-10,21H,11-16H2. The van der Waals surface area contributed by atoms with E-state index in [1.165, 1.54) is 0 Å². The van der Waals surface area contributed by atoms with E-state index < -0.39 is 5.60 Å². The van der Waals surface area contributed by atoms with Gasteiger partial charge in [0.1, 0.15) is 5.60 Å². The number of hydrogen-bond acceptors (Lipinski definition) is 3. The molecule has 1 heterocycles. The van der Waals surface area contributed by atoms with Crippen molar-refractivity contribution < 1.29 is 9.84 Å². The van der Waals surface area contributed by atoms with Crippen molar-refractivity contribution in [3.05, 3.63) is 71.8 Å². The topological polar surface area (TPSA) is 32.7 Å². The molecule has 22 heavy (non-hydrogen) atoms. The molecule has 1 saturated heterocycles. The Balaban J connectivity index is 1.83. The van der Waals surface area contributed by atoms with Crippen molar-refractivity contribution >= 4 is 0 Å². The number of rotatable bonds is 5. The maximum absolute atomic E-state index is 11.4. The molecule has 1 fully saturated rings. The highest BCUT2D eigenvalue weighted by atomic mass is 16.5. The summed E-state index contributed by atoms with van der Waals surface area (Å²) in [7, 11) is 0. The maximum Gasteiger partial charge on any atom is 0.116 e. The van der Waals surface area contributed by atoms with Crippen molar-refractivity contribution in [2.75, 3.05) is 32.8 Å². The van der Waals surface area contributed by atoms with Crippen LogP contribution in [0.4, 0.5) is 0 Å². The summed E-state index contributed by atoms with van der Waals surface area (Å²) >= 11 is 0. The van der Waals surface area contributed by atoms with Gasteiger partial charge in [-0.05, 0) is 17.5 Å². The predicted octanol–water partition coefficient (Wildman–Crippen LogP) is 2.64. The molecule has 0 saturated carbocycles. The van der Waals surface area contributed by atoms with Crippen LogP contribution < -0.4 is 0 Å². The Bertz CT molecular complexity index is 525. The molecular formula is C19H23NO2. The lowest BCUT2D eigenvalue weighted by Gasteiger charge is -2.33. The van der Waals surface area contributed by atoms with Crippen molar-refractivity contribution in [1.29, 1.82) is 0 Å². The summed E-state index contributed by atoms with van der Waals surface area (Å²) in [6.45, 7) is 4.33. The van der Waals surface area contributed by atoms with E-state index in [0.717, 1.165) is 44.0 Å². The minimum atomic E-state index is -0.944. The molecule has 0 aromatic heterocycles. The van der Waals surface area contributed by atoms with Gasteiger partial charge in [0.25, 0.3) is 0 Å². The van der Waals surface area contributed by atoms with E-state index in [1.54, 1.807) is 0 Å². The number of nitrogens with zero attached hydrogens (tertiary/aromatic N) is 1. The smallest absolute Gasteiger partial charge is 0.116 e. The predicted molar refractivity (Wildman–Crippen MR) is 87.8 cm³/mol. The summed E-state index contributed by atoms with van der Waals surface area (Å²) < 4.78 is 5.40. The van der Waals surface area contributed by atoms with Gasteiger partial charge in [-0.25, -0.2) is 0 Å². The van der Waals surface area contributed by atoms with Gasteiger partial charge in [-0.3, -0.25) is 4.90 Å². The fraction of sp³-hybridized carbons (Fsp3) is 0.368. The van der Waals surface area contributed by atoms with E-state index in [0.29, 0.717) is 6.42 Å². The summed E-state index contributed by atoms with van der Waals surface area (Å²) in [4.78, 5) is 2.36. The largest absolute Gasteiger partial charge is 0.380 e. The summed E-state index contributed by atoms with van der Waals surface area (Å²) in [5, 5.41) is 11.4. The normalized spacial score (nSPS) is 16.6. The van der Waals surface area contributed by atoms with Gasteiger partial charge in [-0.2, -0.15) is 0 Å². The van der Waals surface area contributed by atoms with Crippen LogP contribution in [-0.4, -0.2) is 42.9 Å². The Kier molecular flexibility index (Phi) is 4.88. The molecule has 0 amide bonds. The first kappa shape index (κ1) is 15.2. The van der Waals surface area contributed by atoms with Gasteiger partial charge in [0, 0.05) is 19.6 Å². The molecule has 3 rings (SSSR count). The monoisotopic (exact) mass is 297 g/mol. The lowest BCUT2D eigenvalue weighted by molar-refractivity contribution is 0.0143. The van der Waals surface area contributed by atoms with E-state index in [1.807, 2.05) is 60.7 Å². The molecule has 0 atom stereocenters. The summed E-state index contributed by atoms with van der Waals surface area (Å²) in [5.41, 5.74) is 0.963. The second-order valence-electron chi connectivity index (χ2n) is 5.80. The molecule has 116 valence electrons. The fourth-order valence-corrected chi connectivity index (χ4v) is 3.03. The van der Waals surface area contributed by atoms with Crippen LogP contribution in [-0.2, 0) is 10.3 Å². The molecule has 0 spiro atoms. The molecule has 3 heteroatoms. The number of ether oxygens (including phenoxy) is 1. The minimum Gasteiger partial charge on any atom is -0.380 e. The third kappa shape index (κ3) is 3.38. The van der Waals surface area contributed by atoms with Gasteiger partial charge in [-0.15, -0.1) is 0 Å². The van der Waals surface area contributed by atoms with Crippen LogP contribution in [0.1, 0.15) is 17.5 Å². The van der Waals surface area contributed by atoms with Gasteiger partial charge in [0.2, 0.25) is 0 Å². The van der Waals surface area contributed by atoms with E-state index in [2.05, 4.69) is 4.90 Å². The Morgan fingerprint density at radius 2 is 1.36 bits per heavy atom. The molecule has 3 nitrogen and oxygen atoms in total. The molecule has 0 unspecified atom stereocenters. The summed E-state index contributed by atoms with van der Waals surface area (Å²) in [6, 6.07) is 19.9. The minimum absolute atomic E-state index is 0.682. The van der Waals surface area contributed by atoms with Crippen molar-refractivity contribution in [2.45, 2.75) is 12.0 Å². The molecule has 2 aromatic carbocycles. The molecule has 0 radical (unpaired) electrons. The average molecular weight is 297 g/mol. The number of hydrogen-bond donors (Lipinski definition) is 1. The second kappa shape index (κ2) is 7.05. The zero-order chi connectivity index (χ0) is 15.3. The first-order chi connectivity index (χ1) is 10.8. The molecule has 1 aliphatic heterocycles. The zero-order valence-corrected chi connectivity index (χ0v) is 12.8. The number of aliphatic hydroxyl groups is 1. The molecule has 2 aromatic rings. The maximum atomic E-state index is 11.4. The highest BCUT2D eigenvalue weighted by Gasteiger charge is 2.31. The van der Waals surface area contributed by atoms with E-state index in [4.69, 9.17) is 4.74 Å². The quantitative estimate of drug-likeness (QED) is 0.921. The SMILES string of the molecule is OC(CCN1CCOCC1)(c1ccccc1)c1ccccc1. The fourth-order valence-electron chi connectivity index (χ4n) is 3.03. The summed E-state index contributed by atoms with van der Waals surface area (Å²) in [6.07, 6.45) is 0.682. The van der Waals surface area contributed by atoms with Gasteiger partial charge in [0.05, 0.1) is 13.2 Å². The van der Waals surface area contributed by atoms with Crippen LogP contribution in [0.5, 0.6) is 0 Å². The van der Waals surface area contributed by atoms with Crippen molar-refractivity contribution in [3.8, 4) is 0 Å². The lowest BCUT2D eigenvalue weighted by atomic mass is 9.83. The third-order valence-electron chi connectivity index (χ3n) is 4.40. The Hall–Kier alpha value is -1.68. The Morgan fingerprint density at radius 1 is 0.864 bits per heavy atom. The Labute approximate surface area is 132 Å². The second-order valence-corrected chi connectivity index (χ2v) is 5.80. The van der Waals surface area contributed by atoms with E-state index in [-0.39, 0.29) is 0 Å². The molecular weight excluding hydrogens is 274 g/mol. The van der Waals surface area contributed by atoms with Gasteiger partial charge in [0.15, 0.2) is 0 Å². The van der Waals surface area contributed by atoms with Crippen LogP contribution in [0.25, 0.3) is 0 Å². The van der Waals surface area contributed by atoms with Crippen LogP contribution in [0.2, 0.25) is 0 Å². The lowest BCUT2D eigenvalue weighted by Crippen LogP contribution is -2.40. The zero-order valence-electron chi connectivity index (χ0n) is 12.8. The molecule has 1 aliphatic rings. The van der Waals surface area contributed by atoms with Crippen molar-refractivity contribution in [3.63, 3.8) is 0 Å². The van der Waals surface area contributed by atoms with Crippen LogP contribution in [0.3, 0.4) is 0 Å². The Morgan fingerprint density at radius 3 is 1.86 bits per heavy atom. The number of benzene rings is 2. The van der Waals surface area contributed by atoms with E-state index >= 15 is 0 Å².